The second kappa shape index (κ2) is 5.22. The van der Waals surface area contributed by atoms with Crippen molar-refractivity contribution in [1.29, 1.82) is 0 Å². The van der Waals surface area contributed by atoms with E-state index in [1.807, 2.05) is 26.8 Å². The fourth-order valence-electron chi connectivity index (χ4n) is 2.20. The quantitative estimate of drug-likeness (QED) is 0.886. The van der Waals surface area contributed by atoms with E-state index in [9.17, 15) is 4.79 Å². The van der Waals surface area contributed by atoms with Gasteiger partial charge in [-0.05, 0) is 39.3 Å². The maximum absolute atomic E-state index is 12.0. The summed E-state index contributed by atoms with van der Waals surface area (Å²) in [5.41, 5.74) is 3.29. The molecular weight excluding hydrogens is 240 g/mol. The van der Waals surface area contributed by atoms with Crippen LogP contribution in [0.25, 0.3) is 0 Å². The molecular formula is C14H18N4O. The van der Waals surface area contributed by atoms with Gasteiger partial charge in [-0.1, -0.05) is 0 Å². The standard InChI is InChI=1S/C14H18N4O/c1-8-5-12(7-15-6-8)17-10(3)13-9(2)16-11(4)18-14(13)19/h5-7,10,17H,1-4H3,(H,16,18,19). The minimum Gasteiger partial charge on any atom is -0.377 e. The van der Waals surface area contributed by atoms with E-state index < -0.39 is 0 Å². The predicted octanol–water partition coefficient (Wildman–Crippen LogP) is 2.26. The molecule has 2 N–H and O–H groups in total. The van der Waals surface area contributed by atoms with Gasteiger partial charge in [0.1, 0.15) is 5.82 Å². The Bertz CT molecular complexity index is 648. The van der Waals surface area contributed by atoms with Crippen LogP contribution >= 0.6 is 0 Å². The molecule has 2 rings (SSSR count). The second-order valence-electron chi connectivity index (χ2n) is 4.77. The van der Waals surface area contributed by atoms with Gasteiger partial charge in [-0.3, -0.25) is 9.78 Å². The summed E-state index contributed by atoms with van der Waals surface area (Å²) in [4.78, 5) is 23.2. The van der Waals surface area contributed by atoms with Gasteiger partial charge < -0.3 is 10.3 Å². The maximum Gasteiger partial charge on any atom is 0.256 e. The number of aromatic nitrogens is 3. The molecule has 19 heavy (non-hydrogen) atoms. The molecule has 2 aromatic rings. The molecule has 5 nitrogen and oxygen atoms in total. The zero-order valence-corrected chi connectivity index (χ0v) is 11.6. The van der Waals surface area contributed by atoms with Gasteiger partial charge in [0, 0.05) is 12.4 Å². The Morgan fingerprint density at radius 1 is 1.26 bits per heavy atom. The summed E-state index contributed by atoms with van der Waals surface area (Å²) in [6, 6.07) is 1.87. The van der Waals surface area contributed by atoms with Crippen LogP contribution in [0.3, 0.4) is 0 Å². The van der Waals surface area contributed by atoms with Crippen LogP contribution in [0.2, 0.25) is 0 Å². The van der Waals surface area contributed by atoms with Crippen LogP contribution in [-0.4, -0.2) is 15.0 Å². The lowest BCUT2D eigenvalue weighted by Gasteiger charge is -2.16. The van der Waals surface area contributed by atoms with Crippen LogP contribution in [0.4, 0.5) is 5.69 Å². The van der Waals surface area contributed by atoms with E-state index in [-0.39, 0.29) is 11.6 Å². The molecule has 100 valence electrons. The summed E-state index contributed by atoms with van der Waals surface area (Å²) in [7, 11) is 0. The molecule has 0 aromatic carbocycles. The summed E-state index contributed by atoms with van der Waals surface area (Å²) >= 11 is 0. The normalized spacial score (nSPS) is 12.2. The zero-order valence-electron chi connectivity index (χ0n) is 11.6. The Morgan fingerprint density at radius 2 is 2.00 bits per heavy atom. The molecule has 2 heterocycles. The number of pyridine rings is 1. The first kappa shape index (κ1) is 13.3. The second-order valence-corrected chi connectivity index (χ2v) is 4.77. The minimum atomic E-state index is -0.125. The van der Waals surface area contributed by atoms with Crippen molar-refractivity contribution in [3.05, 3.63) is 51.5 Å². The number of aryl methyl sites for hydroxylation is 3. The lowest BCUT2D eigenvalue weighted by Crippen LogP contribution is -2.23. The van der Waals surface area contributed by atoms with Crippen LogP contribution in [0, 0.1) is 20.8 Å². The molecule has 0 amide bonds. The fourth-order valence-corrected chi connectivity index (χ4v) is 2.20. The smallest absolute Gasteiger partial charge is 0.256 e. The molecule has 0 saturated carbocycles. The molecule has 0 aliphatic rings. The number of rotatable bonds is 3. The lowest BCUT2D eigenvalue weighted by atomic mass is 10.1. The summed E-state index contributed by atoms with van der Waals surface area (Å²) < 4.78 is 0. The molecule has 0 aliphatic carbocycles. The molecule has 0 bridgehead atoms. The van der Waals surface area contributed by atoms with Crippen LogP contribution < -0.4 is 10.9 Å². The first-order valence-electron chi connectivity index (χ1n) is 6.23. The largest absolute Gasteiger partial charge is 0.377 e. The van der Waals surface area contributed by atoms with Gasteiger partial charge in [-0.15, -0.1) is 0 Å². The zero-order chi connectivity index (χ0) is 14.0. The van der Waals surface area contributed by atoms with Gasteiger partial charge in [-0.25, -0.2) is 4.98 Å². The Kier molecular flexibility index (Phi) is 3.64. The Hall–Kier alpha value is -2.17. The molecule has 0 saturated heterocycles. The van der Waals surface area contributed by atoms with E-state index in [2.05, 4.69) is 20.3 Å². The number of hydrogen-bond acceptors (Lipinski definition) is 4. The van der Waals surface area contributed by atoms with Crippen LogP contribution in [0.1, 0.15) is 35.6 Å². The van der Waals surface area contributed by atoms with Crippen molar-refractivity contribution in [3.63, 3.8) is 0 Å². The van der Waals surface area contributed by atoms with E-state index in [4.69, 9.17) is 0 Å². The van der Waals surface area contributed by atoms with Crippen LogP contribution in [0.5, 0.6) is 0 Å². The van der Waals surface area contributed by atoms with Gasteiger partial charge in [0.05, 0.1) is 23.0 Å². The van der Waals surface area contributed by atoms with Gasteiger partial charge in [0.2, 0.25) is 0 Å². The van der Waals surface area contributed by atoms with Gasteiger partial charge in [0.25, 0.3) is 5.56 Å². The van der Waals surface area contributed by atoms with Crippen molar-refractivity contribution >= 4 is 5.69 Å². The first-order chi connectivity index (χ1) is 8.97. The average molecular weight is 258 g/mol. The van der Waals surface area contributed by atoms with Crippen molar-refractivity contribution in [2.75, 3.05) is 5.32 Å². The van der Waals surface area contributed by atoms with Gasteiger partial charge in [-0.2, -0.15) is 0 Å². The van der Waals surface area contributed by atoms with Gasteiger partial charge >= 0.3 is 0 Å². The third-order valence-electron chi connectivity index (χ3n) is 2.96. The third-order valence-corrected chi connectivity index (χ3v) is 2.96. The molecule has 0 fully saturated rings. The van der Waals surface area contributed by atoms with Crippen molar-refractivity contribution in [1.82, 2.24) is 15.0 Å². The Labute approximate surface area is 112 Å². The van der Waals surface area contributed by atoms with Crippen LogP contribution in [-0.2, 0) is 0 Å². The number of aromatic amines is 1. The highest BCUT2D eigenvalue weighted by Gasteiger charge is 2.14. The fraction of sp³-hybridized carbons (Fsp3) is 0.357. The molecule has 5 heteroatoms. The number of anilines is 1. The average Bonchev–Trinajstić information content (AvgIpc) is 2.27. The molecule has 0 aliphatic heterocycles. The van der Waals surface area contributed by atoms with E-state index >= 15 is 0 Å². The van der Waals surface area contributed by atoms with E-state index in [0.717, 1.165) is 16.9 Å². The number of nitrogens with one attached hydrogen (secondary N) is 2. The molecule has 1 atom stereocenters. The number of nitrogens with zero attached hydrogens (tertiary/aromatic N) is 2. The molecule has 0 radical (unpaired) electrons. The Morgan fingerprint density at radius 3 is 2.63 bits per heavy atom. The maximum atomic E-state index is 12.0. The van der Waals surface area contributed by atoms with Crippen LogP contribution in [0.15, 0.2) is 23.3 Å². The SMILES string of the molecule is Cc1cncc(NC(C)c2c(C)nc(C)[nH]c2=O)c1. The first-order valence-corrected chi connectivity index (χ1v) is 6.23. The Balaban J connectivity index is 2.30. The highest BCUT2D eigenvalue weighted by molar-refractivity contribution is 5.45. The monoisotopic (exact) mass is 258 g/mol. The minimum absolute atomic E-state index is 0.0920. The molecule has 0 spiro atoms. The van der Waals surface area contributed by atoms with E-state index in [1.165, 1.54) is 0 Å². The van der Waals surface area contributed by atoms with Crippen molar-refractivity contribution in [2.45, 2.75) is 33.7 Å². The molecule has 1 unspecified atom stereocenters. The highest BCUT2D eigenvalue weighted by Crippen LogP contribution is 2.18. The van der Waals surface area contributed by atoms with E-state index in [0.29, 0.717) is 11.4 Å². The lowest BCUT2D eigenvalue weighted by molar-refractivity contribution is 0.813. The highest BCUT2D eigenvalue weighted by atomic mass is 16.1. The summed E-state index contributed by atoms with van der Waals surface area (Å²) in [5.74, 6) is 0.635. The van der Waals surface area contributed by atoms with Crippen molar-refractivity contribution < 1.29 is 0 Å². The molecule has 2 aromatic heterocycles. The van der Waals surface area contributed by atoms with Crippen molar-refractivity contribution in [2.24, 2.45) is 0 Å². The summed E-state index contributed by atoms with van der Waals surface area (Å²) in [6.07, 6.45) is 3.54. The van der Waals surface area contributed by atoms with Crippen molar-refractivity contribution in [3.8, 4) is 0 Å². The predicted molar refractivity (Wildman–Crippen MR) is 75.3 cm³/mol. The summed E-state index contributed by atoms with van der Waals surface area (Å²) in [5, 5.41) is 3.28. The third kappa shape index (κ3) is 2.99. The number of H-pyrrole nitrogens is 1. The number of hydrogen-bond donors (Lipinski definition) is 2. The summed E-state index contributed by atoms with van der Waals surface area (Å²) in [6.45, 7) is 7.55. The van der Waals surface area contributed by atoms with E-state index in [1.54, 1.807) is 19.3 Å². The topological polar surface area (TPSA) is 70.7 Å². The van der Waals surface area contributed by atoms with Gasteiger partial charge in [0.15, 0.2) is 0 Å².